The van der Waals surface area contributed by atoms with Gasteiger partial charge in [-0.05, 0) is 24.6 Å². The molecule has 1 rings (SSSR count). The zero-order valence-corrected chi connectivity index (χ0v) is 11.9. The van der Waals surface area contributed by atoms with Crippen molar-refractivity contribution in [3.8, 4) is 0 Å². The van der Waals surface area contributed by atoms with Gasteiger partial charge in [-0.15, -0.1) is 0 Å². The molecule has 2 nitrogen and oxygen atoms in total. The van der Waals surface area contributed by atoms with E-state index in [1.165, 1.54) is 38.5 Å². The maximum Gasteiger partial charge on any atom is 0.0867 e. The first-order valence-electron chi connectivity index (χ1n) is 6.83. The normalized spacial score (nSPS) is 11.0. The van der Waals surface area contributed by atoms with Gasteiger partial charge in [0.1, 0.15) is 0 Å². The number of rotatable bonds is 9. The van der Waals surface area contributed by atoms with Crippen LogP contribution in [0.25, 0.3) is 0 Å². The summed E-state index contributed by atoms with van der Waals surface area (Å²) >= 11 is 5.88. The van der Waals surface area contributed by atoms with Crippen LogP contribution in [0.3, 0.4) is 0 Å². The van der Waals surface area contributed by atoms with Crippen molar-refractivity contribution in [2.45, 2.75) is 45.4 Å². The molecule has 0 amide bonds. The van der Waals surface area contributed by atoms with Crippen molar-refractivity contribution in [1.29, 1.82) is 0 Å². The zero-order chi connectivity index (χ0) is 13.1. The van der Waals surface area contributed by atoms with E-state index >= 15 is 0 Å². The lowest BCUT2D eigenvalue weighted by atomic mass is 10.1. The molecule has 0 heterocycles. The topological polar surface area (TPSA) is 24.4 Å². The van der Waals surface area contributed by atoms with Crippen LogP contribution in [-0.2, 0) is 0 Å². The van der Waals surface area contributed by atoms with E-state index in [1.54, 1.807) is 6.34 Å². The van der Waals surface area contributed by atoms with Crippen molar-refractivity contribution in [2.24, 2.45) is 4.99 Å². The molecule has 0 radical (unpaired) electrons. The molecule has 1 N–H and O–H groups in total. The minimum Gasteiger partial charge on any atom is -0.347 e. The van der Waals surface area contributed by atoms with Gasteiger partial charge in [-0.2, -0.15) is 0 Å². The predicted molar refractivity (Wildman–Crippen MR) is 81.8 cm³/mol. The molecule has 0 aliphatic carbocycles. The van der Waals surface area contributed by atoms with E-state index < -0.39 is 0 Å². The third-order valence-corrected chi connectivity index (χ3v) is 3.02. The molecule has 0 unspecified atom stereocenters. The molecule has 0 aliphatic rings. The highest BCUT2D eigenvalue weighted by Gasteiger charge is 1.90. The summed E-state index contributed by atoms with van der Waals surface area (Å²) < 4.78 is 0. The third-order valence-electron chi connectivity index (χ3n) is 2.79. The zero-order valence-electron chi connectivity index (χ0n) is 11.2. The third kappa shape index (κ3) is 7.33. The molecule has 18 heavy (non-hydrogen) atoms. The molecular formula is C15H23ClN2. The Hall–Kier alpha value is -1.02. The SMILES string of the molecule is CCCCCCCCN=CNc1cccc(Cl)c1. The van der Waals surface area contributed by atoms with Gasteiger partial charge >= 0.3 is 0 Å². The highest BCUT2D eigenvalue weighted by molar-refractivity contribution is 6.30. The summed E-state index contributed by atoms with van der Waals surface area (Å²) in [5.74, 6) is 0. The molecule has 100 valence electrons. The Morgan fingerprint density at radius 3 is 2.72 bits per heavy atom. The largest absolute Gasteiger partial charge is 0.347 e. The Kier molecular flexibility index (Phi) is 8.32. The highest BCUT2D eigenvalue weighted by Crippen LogP contribution is 2.13. The van der Waals surface area contributed by atoms with Crippen LogP contribution in [0.5, 0.6) is 0 Å². The Labute approximate surface area is 115 Å². The van der Waals surface area contributed by atoms with Crippen molar-refractivity contribution in [2.75, 3.05) is 11.9 Å². The summed E-state index contributed by atoms with van der Waals surface area (Å²) in [6.07, 6.45) is 9.59. The fraction of sp³-hybridized carbons (Fsp3) is 0.533. The lowest BCUT2D eigenvalue weighted by Crippen LogP contribution is -1.95. The average Bonchev–Trinajstić information content (AvgIpc) is 2.37. The van der Waals surface area contributed by atoms with Crippen LogP contribution in [0.1, 0.15) is 45.4 Å². The number of nitrogens with one attached hydrogen (secondary N) is 1. The van der Waals surface area contributed by atoms with Gasteiger partial charge in [-0.1, -0.05) is 56.7 Å². The molecule has 0 aromatic heterocycles. The Balaban J connectivity index is 2.04. The van der Waals surface area contributed by atoms with Crippen LogP contribution >= 0.6 is 11.6 Å². The average molecular weight is 267 g/mol. The van der Waals surface area contributed by atoms with E-state index in [-0.39, 0.29) is 0 Å². The number of anilines is 1. The molecule has 0 saturated carbocycles. The number of aliphatic imine (C=N–C) groups is 1. The highest BCUT2D eigenvalue weighted by atomic mass is 35.5. The van der Waals surface area contributed by atoms with E-state index in [0.29, 0.717) is 0 Å². The van der Waals surface area contributed by atoms with Crippen molar-refractivity contribution in [3.05, 3.63) is 29.3 Å². The molecule has 3 heteroatoms. The number of hydrogen-bond acceptors (Lipinski definition) is 1. The summed E-state index contributed by atoms with van der Waals surface area (Å²) in [5.41, 5.74) is 0.981. The Morgan fingerprint density at radius 1 is 1.17 bits per heavy atom. The van der Waals surface area contributed by atoms with Gasteiger partial charge in [0.05, 0.1) is 6.34 Å². The van der Waals surface area contributed by atoms with E-state index in [9.17, 15) is 0 Å². The Bertz CT molecular complexity index is 350. The first-order chi connectivity index (χ1) is 8.83. The van der Waals surface area contributed by atoms with E-state index in [2.05, 4.69) is 17.2 Å². The van der Waals surface area contributed by atoms with Gasteiger partial charge < -0.3 is 5.32 Å². The molecular weight excluding hydrogens is 244 g/mol. The number of halogens is 1. The van der Waals surface area contributed by atoms with Crippen molar-refractivity contribution < 1.29 is 0 Å². The summed E-state index contributed by atoms with van der Waals surface area (Å²) in [5, 5.41) is 3.86. The second kappa shape index (κ2) is 9.95. The molecule has 1 aromatic rings. The fourth-order valence-electron chi connectivity index (χ4n) is 1.75. The first kappa shape index (κ1) is 15.0. The van der Waals surface area contributed by atoms with Crippen LogP contribution in [0.4, 0.5) is 5.69 Å². The van der Waals surface area contributed by atoms with Crippen molar-refractivity contribution in [1.82, 2.24) is 0 Å². The van der Waals surface area contributed by atoms with Crippen LogP contribution in [0, 0.1) is 0 Å². The van der Waals surface area contributed by atoms with Crippen molar-refractivity contribution in [3.63, 3.8) is 0 Å². The van der Waals surface area contributed by atoms with Gasteiger partial charge in [0.15, 0.2) is 0 Å². The van der Waals surface area contributed by atoms with Gasteiger partial charge in [0.2, 0.25) is 0 Å². The van der Waals surface area contributed by atoms with Gasteiger partial charge in [-0.25, -0.2) is 0 Å². The molecule has 0 saturated heterocycles. The second-order valence-corrected chi connectivity index (χ2v) is 4.89. The van der Waals surface area contributed by atoms with E-state index in [0.717, 1.165) is 17.3 Å². The summed E-state index contributed by atoms with van der Waals surface area (Å²) in [4.78, 5) is 4.33. The van der Waals surface area contributed by atoms with Gasteiger partial charge in [-0.3, -0.25) is 4.99 Å². The first-order valence-corrected chi connectivity index (χ1v) is 7.21. The molecule has 0 aliphatic heterocycles. The van der Waals surface area contributed by atoms with E-state index in [4.69, 9.17) is 11.6 Å². The maximum absolute atomic E-state index is 5.88. The number of unbranched alkanes of at least 4 members (excludes halogenated alkanes) is 5. The van der Waals surface area contributed by atoms with E-state index in [1.807, 2.05) is 24.3 Å². The fourth-order valence-corrected chi connectivity index (χ4v) is 1.94. The van der Waals surface area contributed by atoms with Crippen LogP contribution in [-0.4, -0.2) is 12.9 Å². The van der Waals surface area contributed by atoms with Gasteiger partial charge in [0.25, 0.3) is 0 Å². The lowest BCUT2D eigenvalue weighted by molar-refractivity contribution is 0.612. The second-order valence-electron chi connectivity index (χ2n) is 4.46. The Morgan fingerprint density at radius 2 is 1.94 bits per heavy atom. The van der Waals surface area contributed by atoms with Crippen LogP contribution in [0.15, 0.2) is 29.3 Å². The summed E-state index contributed by atoms with van der Waals surface area (Å²) in [6, 6.07) is 7.65. The lowest BCUT2D eigenvalue weighted by Gasteiger charge is -2.00. The predicted octanol–water partition coefficient (Wildman–Crippen LogP) is 5.14. The minimum atomic E-state index is 0.740. The molecule has 1 aromatic carbocycles. The number of hydrogen-bond donors (Lipinski definition) is 1. The van der Waals surface area contributed by atoms with Gasteiger partial charge in [0, 0.05) is 17.3 Å². The number of benzene rings is 1. The summed E-state index contributed by atoms with van der Waals surface area (Å²) in [6.45, 7) is 3.14. The molecule has 0 bridgehead atoms. The molecule has 0 fully saturated rings. The molecule has 0 atom stereocenters. The number of nitrogens with zero attached hydrogens (tertiary/aromatic N) is 1. The van der Waals surface area contributed by atoms with Crippen LogP contribution in [0.2, 0.25) is 5.02 Å². The quantitative estimate of drug-likeness (QED) is 0.373. The van der Waals surface area contributed by atoms with Crippen LogP contribution < -0.4 is 5.32 Å². The van der Waals surface area contributed by atoms with Crippen molar-refractivity contribution >= 4 is 23.6 Å². The monoisotopic (exact) mass is 266 g/mol. The standard InChI is InChI=1S/C15H23ClN2/c1-2-3-4-5-6-7-11-17-13-18-15-10-8-9-14(16)12-15/h8-10,12-13H,2-7,11H2,1H3,(H,17,18). The smallest absolute Gasteiger partial charge is 0.0867 e. The summed E-state index contributed by atoms with van der Waals surface area (Å²) in [7, 11) is 0. The molecule has 0 spiro atoms. The maximum atomic E-state index is 5.88. The minimum absolute atomic E-state index is 0.740.